The molecule has 5 heteroatoms. The van der Waals surface area contributed by atoms with Crippen molar-refractivity contribution in [2.45, 2.75) is 38.6 Å². The number of nitrogens with one attached hydrogen (secondary N) is 1. The summed E-state index contributed by atoms with van der Waals surface area (Å²) in [5, 5.41) is 1.11. The van der Waals surface area contributed by atoms with Crippen molar-refractivity contribution < 1.29 is 19.1 Å². The zero-order valence-corrected chi connectivity index (χ0v) is 13.5. The lowest BCUT2D eigenvalue weighted by atomic mass is 9.82. The molecule has 1 aromatic carbocycles. The zero-order chi connectivity index (χ0) is 16.6. The van der Waals surface area contributed by atoms with Gasteiger partial charge in [0.25, 0.3) is 0 Å². The number of carbonyl (C=O) groups excluding carboxylic acids is 2. The summed E-state index contributed by atoms with van der Waals surface area (Å²) in [5.41, 5.74) is 2.15. The van der Waals surface area contributed by atoms with Crippen molar-refractivity contribution in [1.29, 1.82) is 0 Å². The lowest BCUT2D eigenvalue weighted by Gasteiger charge is -2.42. The summed E-state index contributed by atoms with van der Waals surface area (Å²) >= 11 is 0. The van der Waals surface area contributed by atoms with E-state index in [4.69, 9.17) is 9.47 Å². The fraction of sp³-hybridized carbons (Fsp3) is 0.444. The molecule has 3 unspecified atom stereocenters. The largest absolute Gasteiger partial charge is 0.361 e. The molecule has 1 aliphatic rings. The van der Waals surface area contributed by atoms with E-state index in [1.165, 1.54) is 0 Å². The molecule has 1 aliphatic heterocycles. The minimum Gasteiger partial charge on any atom is -0.361 e. The molecule has 0 amide bonds. The van der Waals surface area contributed by atoms with Crippen LogP contribution in [0.1, 0.15) is 32.3 Å². The Kier molecular flexibility index (Phi) is 4.08. The molecule has 3 atom stereocenters. The van der Waals surface area contributed by atoms with Gasteiger partial charge in [0, 0.05) is 23.0 Å². The molecule has 23 heavy (non-hydrogen) atoms. The number of benzene rings is 1. The molecular formula is C18H21NO4. The number of aldehydes is 1. The lowest BCUT2D eigenvalue weighted by molar-refractivity contribution is -0.287. The van der Waals surface area contributed by atoms with Crippen molar-refractivity contribution in [3.63, 3.8) is 0 Å². The molecule has 5 nitrogen and oxygen atoms in total. The molecule has 1 aromatic heterocycles. The van der Waals surface area contributed by atoms with Gasteiger partial charge >= 0.3 is 0 Å². The Morgan fingerprint density at radius 3 is 2.87 bits per heavy atom. The molecule has 0 spiro atoms. The lowest BCUT2D eigenvalue weighted by Crippen LogP contribution is -2.51. The minimum atomic E-state index is -0.861. The van der Waals surface area contributed by atoms with Crippen LogP contribution in [-0.4, -0.2) is 35.6 Å². The van der Waals surface area contributed by atoms with Crippen molar-refractivity contribution in [2.75, 3.05) is 6.61 Å². The molecule has 0 aliphatic carbocycles. The topological polar surface area (TPSA) is 68.4 Å². The van der Waals surface area contributed by atoms with E-state index in [1.54, 1.807) is 13.8 Å². The van der Waals surface area contributed by atoms with Gasteiger partial charge in [-0.05, 0) is 31.4 Å². The van der Waals surface area contributed by atoms with Gasteiger partial charge in [0.15, 0.2) is 12.1 Å². The Balaban J connectivity index is 1.94. The maximum Gasteiger partial charge on any atom is 0.224 e. The SMILES string of the molecule is CC(c1c[nH]c2ccccc12)C1COC(C)(C)OC1C(=O)C=O. The Morgan fingerprint density at radius 2 is 2.13 bits per heavy atom. The summed E-state index contributed by atoms with van der Waals surface area (Å²) in [5.74, 6) is -1.59. The summed E-state index contributed by atoms with van der Waals surface area (Å²) in [6.07, 6.45) is 1.53. The number of H-pyrrole nitrogens is 1. The van der Waals surface area contributed by atoms with Crippen LogP contribution in [0.3, 0.4) is 0 Å². The fourth-order valence-electron chi connectivity index (χ4n) is 3.26. The molecule has 2 aromatic rings. The third-order valence-corrected chi connectivity index (χ3v) is 4.57. The average molecular weight is 315 g/mol. The smallest absolute Gasteiger partial charge is 0.224 e. The molecule has 3 rings (SSSR count). The molecule has 122 valence electrons. The Hall–Kier alpha value is -1.98. The summed E-state index contributed by atoms with van der Waals surface area (Å²) in [6, 6.07) is 8.01. The quantitative estimate of drug-likeness (QED) is 0.696. The number of Topliss-reactive ketones (excluding diaryl/α,β-unsaturated/α-hetero) is 1. The van der Waals surface area contributed by atoms with Gasteiger partial charge in [0.1, 0.15) is 6.10 Å². The summed E-state index contributed by atoms with van der Waals surface area (Å²) in [7, 11) is 0. The number of ether oxygens (including phenoxy) is 2. The summed E-state index contributed by atoms with van der Waals surface area (Å²) in [6.45, 7) is 5.92. The van der Waals surface area contributed by atoms with Gasteiger partial charge in [-0.1, -0.05) is 25.1 Å². The summed E-state index contributed by atoms with van der Waals surface area (Å²) in [4.78, 5) is 26.3. The number of fused-ring (bicyclic) bond motifs is 1. The highest BCUT2D eigenvalue weighted by Gasteiger charge is 2.43. The predicted molar refractivity (Wildman–Crippen MR) is 86.2 cm³/mol. The van der Waals surface area contributed by atoms with E-state index in [0.717, 1.165) is 16.5 Å². The van der Waals surface area contributed by atoms with Crippen LogP contribution in [0.2, 0.25) is 0 Å². The maximum absolute atomic E-state index is 12.0. The van der Waals surface area contributed by atoms with E-state index in [9.17, 15) is 9.59 Å². The predicted octanol–water partition coefficient (Wildman–Crippen LogP) is 2.81. The van der Waals surface area contributed by atoms with Crippen molar-refractivity contribution in [2.24, 2.45) is 5.92 Å². The standard InChI is InChI=1S/C18H21NO4/c1-11(13-8-19-15-7-5-4-6-12(13)15)14-10-22-18(2,3)23-17(14)16(21)9-20/h4-9,11,14,17,19H,10H2,1-3H3. The Morgan fingerprint density at radius 1 is 1.39 bits per heavy atom. The van der Waals surface area contributed by atoms with E-state index >= 15 is 0 Å². The molecule has 1 N–H and O–H groups in total. The maximum atomic E-state index is 12.0. The van der Waals surface area contributed by atoms with Crippen LogP contribution >= 0.6 is 0 Å². The minimum absolute atomic E-state index is 0.0103. The van der Waals surface area contributed by atoms with Gasteiger partial charge in [-0.3, -0.25) is 9.59 Å². The normalized spacial score (nSPS) is 25.2. The second-order valence-electron chi connectivity index (χ2n) is 6.51. The van der Waals surface area contributed by atoms with Gasteiger partial charge in [-0.25, -0.2) is 0 Å². The molecule has 0 radical (unpaired) electrons. The Labute approximate surface area is 135 Å². The van der Waals surface area contributed by atoms with Crippen molar-refractivity contribution in [3.8, 4) is 0 Å². The number of hydrogen-bond acceptors (Lipinski definition) is 4. The first-order chi connectivity index (χ1) is 10.9. The molecule has 1 saturated heterocycles. The second-order valence-corrected chi connectivity index (χ2v) is 6.51. The highest BCUT2D eigenvalue weighted by Crippen LogP contribution is 2.38. The third-order valence-electron chi connectivity index (χ3n) is 4.57. The van der Waals surface area contributed by atoms with Crippen molar-refractivity contribution in [1.82, 2.24) is 4.98 Å². The number of ketones is 1. The molecule has 0 saturated carbocycles. The Bertz CT molecular complexity index is 733. The molecule has 0 bridgehead atoms. The highest BCUT2D eigenvalue weighted by atomic mass is 16.7. The van der Waals surface area contributed by atoms with Crippen molar-refractivity contribution in [3.05, 3.63) is 36.0 Å². The first kappa shape index (κ1) is 15.9. The van der Waals surface area contributed by atoms with E-state index in [1.807, 2.05) is 37.4 Å². The van der Waals surface area contributed by atoms with Crippen LogP contribution in [0.5, 0.6) is 0 Å². The molecule has 1 fully saturated rings. The number of para-hydroxylation sites is 1. The van der Waals surface area contributed by atoms with Gasteiger partial charge in [0.2, 0.25) is 5.78 Å². The van der Waals surface area contributed by atoms with Crippen LogP contribution in [0, 0.1) is 5.92 Å². The first-order valence-corrected chi connectivity index (χ1v) is 7.80. The monoisotopic (exact) mass is 315 g/mol. The fourth-order valence-corrected chi connectivity index (χ4v) is 3.26. The third kappa shape index (κ3) is 2.94. The van der Waals surface area contributed by atoms with Crippen LogP contribution in [0.15, 0.2) is 30.5 Å². The van der Waals surface area contributed by atoms with Crippen LogP contribution < -0.4 is 0 Å². The van der Waals surface area contributed by atoms with E-state index in [2.05, 4.69) is 4.98 Å². The number of hydrogen-bond donors (Lipinski definition) is 1. The first-order valence-electron chi connectivity index (χ1n) is 7.80. The van der Waals surface area contributed by atoms with Crippen molar-refractivity contribution >= 4 is 23.0 Å². The highest BCUT2D eigenvalue weighted by molar-refractivity contribution is 6.27. The number of aromatic nitrogens is 1. The van der Waals surface area contributed by atoms with E-state index < -0.39 is 17.7 Å². The van der Waals surface area contributed by atoms with Gasteiger partial charge in [0.05, 0.1) is 6.61 Å². The van der Waals surface area contributed by atoms with Gasteiger partial charge in [-0.15, -0.1) is 0 Å². The van der Waals surface area contributed by atoms with Crippen LogP contribution in [-0.2, 0) is 19.1 Å². The van der Waals surface area contributed by atoms with E-state index in [-0.39, 0.29) is 11.8 Å². The second kappa shape index (κ2) is 5.91. The molecule has 2 heterocycles. The van der Waals surface area contributed by atoms with Gasteiger partial charge in [-0.2, -0.15) is 0 Å². The molecular weight excluding hydrogens is 294 g/mol. The number of rotatable bonds is 4. The average Bonchev–Trinajstić information content (AvgIpc) is 2.96. The van der Waals surface area contributed by atoms with Gasteiger partial charge < -0.3 is 14.5 Å². The number of carbonyl (C=O) groups is 2. The summed E-state index contributed by atoms with van der Waals surface area (Å²) < 4.78 is 11.5. The zero-order valence-electron chi connectivity index (χ0n) is 13.5. The van der Waals surface area contributed by atoms with E-state index in [0.29, 0.717) is 12.9 Å². The number of aromatic amines is 1. The van der Waals surface area contributed by atoms with Crippen LogP contribution in [0.25, 0.3) is 10.9 Å². The van der Waals surface area contributed by atoms with Crippen LogP contribution in [0.4, 0.5) is 0 Å².